The molecule has 0 unspecified atom stereocenters. The smallest absolute Gasteiger partial charge is 0.227 e. The van der Waals surface area contributed by atoms with Gasteiger partial charge in [-0.3, -0.25) is 0 Å². The Kier molecular flexibility index (Phi) is 3.25. The van der Waals surface area contributed by atoms with Crippen molar-refractivity contribution in [3.63, 3.8) is 0 Å². The minimum atomic E-state index is 0.513. The van der Waals surface area contributed by atoms with Gasteiger partial charge in [0.2, 0.25) is 5.95 Å². The largest absolute Gasteiger partial charge is 0.383 e. The highest BCUT2D eigenvalue weighted by Crippen LogP contribution is 2.27. The van der Waals surface area contributed by atoms with E-state index >= 15 is 0 Å². The maximum absolute atomic E-state index is 6.05. The Labute approximate surface area is 117 Å². The first kappa shape index (κ1) is 12.2. The van der Waals surface area contributed by atoms with Crippen LogP contribution in [0.1, 0.15) is 12.8 Å². The van der Waals surface area contributed by atoms with Crippen LogP contribution in [0.15, 0.2) is 30.5 Å². The van der Waals surface area contributed by atoms with Gasteiger partial charge in [0, 0.05) is 29.9 Å². The average Bonchev–Trinajstić information content (AvgIpc) is 2.94. The first-order valence-corrected chi connectivity index (χ1v) is 6.75. The molecule has 0 radical (unpaired) electrons. The molecule has 19 heavy (non-hydrogen) atoms. The number of rotatable bonds is 2. The van der Waals surface area contributed by atoms with Crippen LogP contribution in [0.5, 0.6) is 0 Å². The molecule has 2 heterocycles. The fourth-order valence-corrected chi connectivity index (χ4v) is 2.43. The van der Waals surface area contributed by atoms with Gasteiger partial charge < -0.3 is 10.6 Å². The zero-order valence-corrected chi connectivity index (χ0v) is 11.3. The molecule has 4 nitrogen and oxygen atoms in total. The number of anilines is 2. The van der Waals surface area contributed by atoms with Crippen LogP contribution < -0.4 is 10.6 Å². The van der Waals surface area contributed by atoms with Crippen LogP contribution >= 0.6 is 11.6 Å². The first-order chi connectivity index (χ1) is 9.24. The van der Waals surface area contributed by atoms with Crippen molar-refractivity contribution in [2.24, 2.45) is 0 Å². The highest BCUT2D eigenvalue weighted by molar-refractivity contribution is 6.30. The second kappa shape index (κ2) is 5.05. The third-order valence-electron chi connectivity index (χ3n) is 3.35. The van der Waals surface area contributed by atoms with Crippen LogP contribution in [0.2, 0.25) is 5.02 Å². The second-order valence-electron chi connectivity index (χ2n) is 4.67. The molecule has 1 aromatic heterocycles. The molecule has 3 rings (SSSR count). The van der Waals surface area contributed by atoms with Gasteiger partial charge in [0.1, 0.15) is 5.82 Å². The van der Waals surface area contributed by atoms with Crippen molar-refractivity contribution in [3.05, 3.63) is 35.5 Å². The van der Waals surface area contributed by atoms with Crippen LogP contribution in [-0.2, 0) is 0 Å². The molecule has 0 aliphatic carbocycles. The third kappa shape index (κ3) is 2.49. The fraction of sp³-hybridized carbons (Fsp3) is 0.286. The predicted octanol–water partition coefficient (Wildman–Crippen LogP) is 2.98. The molecule has 1 fully saturated rings. The predicted molar refractivity (Wildman–Crippen MR) is 78.3 cm³/mol. The van der Waals surface area contributed by atoms with Crippen molar-refractivity contribution in [2.75, 3.05) is 23.7 Å². The van der Waals surface area contributed by atoms with Crippen molar-refractivity contribution in [1.29, 1.82) is 0 Å². The van der Waals surface area contributed by atoms with Crippen molar-refractivity contribution < 1.29 is 0 Å². The zero-order valence-electron chi connectivity index (χ0n) is 10.5. The Morgan fingerprint density at radius 3 is 2.42 bits per heavy atom. The minimum Gasteiger partial charge on any atom is -0.383 e. The SMILES string of the molecule is Nc1nc(N2CCCC2)ncc1-c1ccc(Cl)cc1. The molecule has 0 saturated carbocycles. The van der Waals surface area contributed by atoms with E-state index in [2.05, 4.69) is 14.9 Å². The summed E-state index contributed by atoms with van der Waals surface area (Å²) in [4.78, 5) is 11.0. The molecule has 0 bridgehead atoms. The van der Waals surface area contributed by atoms with Gasteiger partial charge in [-0.15, -0.1) is 0 Å². The summed E-state index contributed by atoms with van der Waals surface area (Å²) in [6.45, 7) is 2.03. The van der Waals surface area contributed by atoms with E-state index in [1.54, 1.807) is 6.20 Å². The lowest BCUT2D eigenvalue weighted by Gasteiger charge is -2.16. The van der Waals surface area contributed by atoms with Gasteiger partial charge in [0.15, 0.2) is 0 Å². The van der Waals surface area contributed by atoms with Gasteiger partial charge in [0.05, 0.1) is 0 Å². The number of aromatic nitrogens is 2. The van der Waals surface area contributed by atoms with E-state index in [9.17, 15) is 0 Å². The van der Waals surface area contributed by atoms with Crippen LogP contribution in [0.3, 0.4) is 0 Å². The number of hydrogen-bond donors (Lipinski definition) is 1. The molecular weight excluding hydrogens is 260 g/mol. The van der Waals surface area contributed by atoms with E-state index in [4.69, 9.17) is 17.3 Å². The van der Waals surface area contributed by atoms with Gasteiger partial charge in [-0.1, -0.05) is 23.7 Å². The van der Waals surface area contributed by atoms with Gasteiger partial charge in [0.25, 0.3) is 0 Å². The molecule has 0 spiro atoms. The van der Waals surface area contributed by atoms with Crippen molar-refractivity contribution >= 4 is 23.4 Å². The minimum absolute atomic E-state index is 0.513. The number of nitrogen functional groups attached to an aromatic ring is 1. The van der Waals surface area contributed by atoms with Crippen LogP contribution in [0.4, 0.5) is 11.8 Å². The lowest BCUT2D eigenvalue weighted by atomic mass is 10.1. The molecule has 1 aliphatic rings. The van der Waals surface area contributed by atoms with Crippen molar-refractivity contribution in [1.82, 2.24) is 9.97 Å². The summed E-state index contributed by atoms with van der Waals surface area (Å²) in [5.74, 6) is 1.24. The molecule has 0 amide bonds. The number of nitrogens with zero attached hydrogens (tertiary/aromatic N) is 3. The van der Waals surface area contributed by atoms with Gasteiger partial charge >= 0.3 is 0 Å². The van der Waals surface area contributed by atoms with Gasteiger partial charge in [-0.2, -0.15) is 4.98 Å². The van der Waals surface area contributed by atoms with E-state index in [1.165, 1.54) is 12.8 Å². The monoisotopic (exact) mass is 274 g/mol. The summed E-state index contributed by atoms with van der Waals surface area (Å²) < 4.78 is 0. The summed E-state index contributed by atoms with van der Waals surface area (Å²) in [7, 11) is 0. The van der Waals surface area contributed by atoms with Crippen molar-refractivity contribution in [2.45, 2.75) is 12.8 Å². The average molecular weight is 275 g/mol. The number of nitrogens with two attached hydrogens (primary N) is 1. The molecule has 1 aliphatic heterocycles. The van der Waals surface area contributed by atoms with Crippen molar-refractivity contribution in [3.8, 4) is 11.1 Å². The molecular formula is C14H15ClN4. The summed E-state index contributed by atoms with van der Waals surface area (Å²) in [5.41, 5.74) is 7.88. The first-order valence-electron chi connectivity index (χ1n) is 6.37. The topological polar surface area (TPSA) is 55.0 Å². The maximum Gasteiger partial charge on any atom is 0.227 e. The Hall–Kier alpha value is -1.81. The summed E-state index contributed by atoms with van der Waals surface area (Å²) in [6.07, 6.45) is 4.18. The van der Waals surface area contributed by atoms with Gasteiger partial charge in [-0.05, 0) is 30.5 Å². The Morgan fingerprint density at radius 2 is 1.79 bits per heavy atom. The molecule has 2 N–H and O–H groups in total. The Balaban J connectivity index is 1.93. The van der Waals surface area contributed by atoms with E-state index in [1.807, 2.05) is 24.3 Å². The Bertz CT molecular complexity index is 576. The highest BCUT2D eigenvalue weighted by Gasteiger charge is 2.16. The molecule has 1 aromatic carbocycles. The fourth-order valence-electron chi connectivity index (χ4n) is 2.31. The van der Waals surface area contributed by atoms with Crippen LogP contribution in [-0.4, -0.2) is 23.1 Å². The summed E-state index contributed by atoms with van der Waals surface area (Å²) in [6, 6.07) is 7.52. The lowest BCUT2D eigenvalue weighted by molar-refractivity contribution is 0.901. The van der Waals surface area contributed by atoms with Gasteiger partial charge in [-0.25, -0.2) is 4.98 Å². The van der Waals surface area contributed by atoms with Crippen LogP contribution in [0.25, 0.3) is 11.1 Å². The standard InChI is InChI=1S/C14H15ClN4/c15-11-5-3-10(4-6-11)12-9-17-14(18-13(12)16)19-7-1-2-8-19/h3-6,9H,1-2,7-8H2,(H2,16,17,18). The maximum atomic E-state index is 6.05. The van der Waals surface area contributed by atoms with E-state index in [-0.39, 0.29) is 0 Å². The van der Waals surface area contributed by atoms with E-state index in [0.717, 1.165) is 30.2 Å². The molecule has 98 valence electrons. The summed E-state index contributed by atoms with van der Waals surface area (Å²) in [5, 5.41) is 0.705. The second-order valence-corrected chi connectivity index (χ2v) is 5.11. The molecule has 5 heteroatoms. The normalized spacial score (nSPS) is 14.9. The highest BCUT2D eigenvalue weighted by atomic mass is 35.5. The molecule has 0 atom stereocenters. The third-order valence-corrected chi connectivity index (χ3v) is 3.60. The quantitative estimate of drug-likeness (QED) is 0.915. The lowest BCUT2D eigenvalue weighted by Crippen LogP contribution is -2.20. The van der Waals surface area contributed by atoms with E-state index < -0.39 is 0 Å². The summed E-state index contributed by atoms with van der Waals surface area (Å²) >= 11 is 5.88. The zero-order chi connectivity index (χ0) is 13.2. The molecule has 1 saturated heterocycles. The Morgan fingerprint density at radius 1 is 1.11 bits per heavy atom. The van der Waals surface area contributed by atoms with Crippen LogP contribution in [0, 0.1) is 0 Å². The number of halogens is 1. The number of benzene rings is 1. The molecule has 2 aromatic rings. The van der Waals surface area contributed by atoms with E-state index in [0.29, 0.717) is 10.8 Å². The number of hydrogen-bond acceptors (Lipinski definition) is 4.